The van der Waals surface area contributed by atoms with E-state index in [0.717, 1.165) is 28.0 Å². The van der Waals surface area contributed by atoms with E-state index in [2.05, 4.69) is 20.5 Å². The molecular weight excluding hydrogens is 346 g/mol. The summed E-state index contributed by atoms with van der Waals surface area (Å²) in [5, 5.41) is 10.9. The molecule has 6 nitrogen and oxygen atoms in total. The second kappa shape index (κ2) is 6.08. The predicted molar refractivity (Wildman–Crippen MR) is 91.1 cm³/mol. The molecule has 3 heterocycles. The van der Waals surface area contributed by atoms with Crippen LogP contribution in [-0.4, -0.2) is 26.8 Å². The number of carbonyl (C=O) groups is 1. The third kappa shape index (κ3) is 2.64. The normalized spacial score (nSPS) is 16.8. The highest BCUT2D eigenvalue weighted by Crippen LogP contribution is 2.37. The molecule has 0 aliphatic carbocycles. The quantitative estimate of drug-likeness (QED) is 0.652. The van der Waals surface area contributed by atoms with Gasteiger partial charge < -0.3 is 11.1 Å². The van der Waals surface area contributed by atoms with Gasteiger partial charge in [0.2, 0.25) is 5.02 Å². The zero-order chi connectivity index (χ0) is 16.7. The first-order valence-electron chi connectivity index (χ1n) is 7.46. The molecule has 1 aliphatic heterocycles. The molecule has 0 unspecified atom stereocenters. The summed E-state index contributed by atoms with van der Waals surface area (Å²) in [6, 6.07) is 5.44. The Morgan fingerprint density at radius 1 is 1.46 bits per heavy atom. The number of carbonyl (C=O) groups excluding carboxylic acids is 1. The Morgan fingerprint density at radius 3 is 3.21 bits per heavy atom. The highest BCUT2D eigenvalue weighted by atomic mass is 35.5. The van der Waals surface area contributed by atoms with Crippen LogP contribution in [0.3, 0.4) is 0 Å². The highest BCUT2D eigenvalue weighted by Gasteiger charge is 2.25. The van der Waals surface area contributed by atoms with E-state index in [0.29, 0.717) is 21.9 Å². The van der Waals surface area contributed by atoms with Gasteiger partial charge >= 0.3 is 0 Å². The predicted octanol–water partition coefficient (Wildman–Crippen LogP) is 2.40. The molecule has 0 saturated heterocycles. The Balaban J connectivity index is 1.69. The maximum atomic E-state index is 12.7. The molecule has 0 bridgehead atoms. The van der Waals surface area contributed by atoms with E-state index in [1.54, 1.807) is 30.2 Å². The molecule has 8 heteroatoms. The van der Waals surface area contributed by atoms with Crippen molar-refractivity contribution < 1.29 is 16.4 Å². The molecule has 1 aliphatic rings. The van der Waals surface area contributed by atoms with Gasteiger partial charge in [0, 0.05) is 23.2 Å². The first kappa shape index (κ1) is 15.4. The topological polar surface area (TPSA) is 96.7 Å². The van der Waals surface area contributed by atoms with Gasteiger partial charge in [-0.1, -0.05) is 0 Å². The molecule has 4 rings (SSSR count). The number of fused-ring (bicyclic) bond motifs is 2. The van der Waals surface area contributed by atoms with Gasteiger partial charge in [0.15, 0.2) is 17.2 Å². The van der Waals surface area contributed by atoms with Crippen LogP contribution in [0.15, 0.2) is 35.5 Å². The number of nitrogens with zero attached hydrogens (tertiary/aromatic N) is 2. The van der Waals surface area contributed by atoms with Crippen molar-refractivity contribution in [1.82, 2.24) is 15.2 Å². The largest absolute Gasteiger partial charge is 0.324 e. The van der Waals surface area contributed by atoms with Gasteiger partial charge in [0.1, 0.15) is 5.56 Å². The van der Waals surface area contributed by atoms with Gasteiger partial charge in [0.25, 0.3) is 5.91 Å². The second-order valence-corrected chi connectivity index (χ2v) is 7.15. The van der Waals surface area contributed by atoms with Crippen molar-refractivity contribution >= 4 is 34.4 Å². The van der Waals surface area contributed by atoms with Crippen molar-refractivity contribution in [2.75, 3.05) is 11.1 Å². The molecule has 2 aromatic heterocycles. The van der Waals surface area contributed by atoms with E-state index in [1.165, 1.54) is 0 Å². The number of nitrogens with one attached hydrogen (secondary N) is 2. The molecule has 0 spiro atoms. The number of anilines is 1. The van der Waals surface area contributed by atoms with Crippen LogP contribution < -0.4 is 11.1 Å². The Labute approximate surface area is 147 Å². The number of hydrogen-bond donors (Lipinski definition) is 3. The molecule has 0 radical (unpaired) electrons. The lowest BCUT2D eigenvalue weighted by atomic mass is 10.0. The van der Waals surface area contributed by atoms with Crippen LogP contribution in [0.2, 0.25) is 5.02 Å². The smallest absolute Gasteiger partial charge is 0.261 e. The number of hydrogen-bond acceptors (Lipinski definition) is 5. The summed E-state index contributed by atoms with van der Waals surface area (Å²) >= 11 is 7.12. The lowest BCUT2D eigenvalue weighted by Gasteiger charge is -2.21. The van der Waals surface area contributed by atoms with Crippen molar-refractivity contribution in [2.45, 2.75) is 17.4 Å². The highest BCUT2D eigenvalue weighted by molar-refractivity contribution is 7.99. The summed E-state index contributed by atoms with van der Waals surface area (Å²) in [4.78, 5) is 17.9. The molecular formula is C16H15ClN5OS+. The van der Waals surface area contributed by atoms with E-state index in [-0.39, 0.29) is 11.9 Å². The summed E-state index contributed by atoms with van der Waals surface area (Å²) in [6.45, 7) is 0. The number of benzene rings is 1. The summed E-state index contributed by atoms with van der Waals surface area (Å²) in [6.07, 6.45) is 4.17. The van der Waals surface area contributed by atoms with Crippen LogP contribution in [0.25, 0.3) is 11.0 Å². The molecule has 1 amide bonds. The molecule has 1 aromatic carbocycles. The summed E-state index contributed by atoms with van der Waals surface area (Å²) in [5.74, 6) is 0.711. The van der Waals surface area contributed by atoms with Crippen molar-refractivity contribution in [3.8, 4) is 0 Å². The first-order valence-corrected chi connectivity index (χ1v) is 8.85. The fourth-order valence-electron chi connectivity index (χ4n) is 2.77. The maximum Gasteiger partial charge on any atom is 0.261 e. The number of aromatic amines is 1. The molecule has 0 fully saturated rings. The van der Waals surface area contributed by atoms with Gasteiger partial charge in [-0.15, -0.1) is 11.8 Å². The third-order valence-electron chi connectivity index (χ3n) is 4.04. The Bertz CT molecular complexity index is 941. The lowest BCUT2D eigenvalue weighted by molar-refractivity contribution is -0.289. The zero-order valence-corrected chi connectivity index (χ0v) is 14.2. The van der Waals surface area contributed by atoms with Crippen LogP contribution >= 0.6 is 11.8 Å². The van der Waals surface area contributed by atoms with Gasteiger partial charge in [-0.2, -0.15) is 5.10 Å². The number of H-pyrrole nitrogens is 1. The lowest BCUT2D eigenvalue weighted by Crippen LogP contribution is -2.18. The van der Waals surface area contributed by atoms with E-state index < -0.39 is 0 Å². The van der Waals surface area contributed by atoms with Gasteiger partial charge in [-0.25, -0.2) is 4.98 Å². The molecule has 122 valence electrons. The average Bonchev–Trinajstić information content (AvgIpc) is 3.05. The van der Waals surface area contributed by atoms with E-state index in [4.69, 9.17) is 17.3 Å². The van der Waals surface area contributed by atoms with E-state index in [9.17, 15) is 4.79 Å². The van der Waals surface area contributed by atoms with Gasteiger partial charge in [0.05, 0.1) is 17.3 Å². The minimum atomic E-state index is -0.240. The summed E-state index contributed by atoms with van der Waals surface area (Å²) < 4.78 is 0. The van der Waals surface area contributed by atoms with Crippen LogP contribution in [0.5, 0.6) is 0 Å². The molecule has 4 N–H and O–H groups in total. The van der Waals surface area contributed by atoms with Crippen LogP contribution in [0, 0.1) is 11.6 Å². The van der Waals surface area contributed by atoms with Crippen molar-refractivity contribution in [3.63, 3.8) is 0 Å². The van der Waals surface area contributed by atoms with E-state index in [1.807, 2.05) is 12.1 Å². The molecule has 1 atom stereocenters. The van der Waals surface area contributed by atoms with Gasteiger partial charge in [-0.05, 0) is 29.9 Å². The van der Waals surface area contributed by atoms with Crippen molar-refractivity contribution in [2.24, 2.45) is 5.73 Å². The van der Waals surface area contributed by atoms with Crippen molar-refractivity contribution in [1.29, 1.82) is 0 Å². The third-order valence-corrected chi connectivity index (χ3v) is 5.49. The number of thioether (sulfide) groups is 1. The summed E-state index contributed by atoms with van der Waals surface area (Å²) in [5.41, 5.74) is 8.93. The first-order chi connectivity index (χ1) is 11.6. The Kier molecular flexibility index (Phi) is 3.91. The van der Waals surface area contributed by atoms with Crippen molar-refractivity contribution in [3.05, 3.63) is 46.7 Å². The zero-order valence-electron chi connectivity index (χ0n) is 12.6. The Hall–Kier alpha value is -2.09. The van der Waals surface area contributed by atoms with Crippen LogP contribution in [-0.2, 0) is 0 Å². The molecule has 0 saturated carbocycles. The SMILES string of the molecule is N[C@H]1CCSc2cc(C(=O)Nc3ccnc4[nH]ncc34)c([ClH+])cc21. The molecule has 24 heavy (non-hydrogen) atoms. The van der Waals surface area contributed by atoms with Gasteiger partial charge in [-0.3, -0.25) is 9.89 Å². The number of rotatable bonds is 2. The minimum absolute atomic E-state index is 0.00851. The number of pyridine rings is 1. The number of nitrogens with two attached hydrogens (primary N) is 1. The number of aromatic nitrogens is 3. The average molecular weight is 361 g/mol. The number of halogens is 1. The monoisotopic (exact) mass is 360 g/mol. The Morgan fingerprint density at radius 2 is 2.33 bits per heavy atom. The van der Waals surface area contributed by atoms with Crippen LogP contribution in [0.4, 0.5) is 5.69 Å². The maximum absolute atomic E-state index is 12.7. The minimum Gasteiger partial charge on any atom is -0.324 e. The van der Waals surface area contributed by atoms with E-state index >= 15 is 0 Å². The number of amides is 1. The fourth-order valence-corrected chi connectivity index (χ4v) is 4.22. The van der Waals surface area contributed by atoms with Crippen LogP contribution in [0.1, 0.15) is 28.4 Å². The standard InChI is InChI=1S/C16H14ClN5OS/c17-11-5-9-12(18)2-4-24-14(9)6-8(11)16(23)21-13-1-3-19-15-10(13)7-20-22-15/h1,3,5-7,12,17H,2,4,18H2,(H-,19,20,21,22,23)/p+1/t12-/m0/s1. The molecule has 3 aromatic rings. The second-order valence-electron chi connectivity index (χ2n) is 5.57. The summed E-state index contributed by atoms with van der Waals surface area (Å²) in [7, 11) is 0. The fraction of sp³-hybridized carbons (Fsp3) is 0.188.